The van der Waals surface area contributed by atoms with Gasteiger partial charge in [0.05, 0.1) is 11.5 Å². The molecule has 0 aromatic heterocycles. The van der Waals surface area contributed by atoms with Crippen molar-refractivity contribution in [3.8, 4) is 6.07 Å². The zero-order valence-electron chi connectivity index (χ0n) is 4.33. The number of nitrogens with zero attached hydrogens (tertiary/aromatic N) is 1. The van der Waals surface area contributed by atoms with E-state index in [9.17, 15) is 0 Å². The van der Waals surface area contributed by atoms with E-state index in [1.165, 1.54) is 0 Å². The first-order valence-corrected chi connectivity index (χ1v) is 3.34. The van der Waals surface area contributed by atoms with Crippen LogP contribution in [0.1, 0.15) is 0 Å². The molecule has 5 aliphatic rings. The Kier molecular flexibility index (Phi) is 0.152. The van der Waals surface area contributed by atoms with Gasteiger partial charge in [-0.25, -0.2) is 0 Å². The van der Waals surface area contributed by atoms with E-state index in [2.05, 4.69) is 6.07 Å². The second-order valence-corrected chi connectivity index (χ2v) is 3.78. The van der Waals surface area contributed by atoms with Gasteiger partial charge in [-0.2, -0.15) is 5.26 Å². The number of rotatable bonds is 0. The second-order valence-electron chi connectivity index (χ2n) is 3.78. The van der Waals surface area contributed by atoms with Crippen LogP contribution in [0.3, 0.4) is 0 Å². The molecule has 0 bridgehead atoms. The van der Waals surface area contributed by atoms with Gasteiger partial charge in [-0.3, -0.25) is 0 Å². The molecule has 0 N–H and O–H groups in total. The molecular weight excluding hydrogens is 98.1 g/mol. The van der Waals surface area contributed by atoms with E-state index in [-0.39, 0.29) is 0 Å². The Morgan fingerprint density at radius 2 is 1.75 bits per heavy atom. The standard InChI is InChI=1S/C7H5N/c8-1-7-4-2-3(4)6(7)5(2)7/h2-6H. The fraction of sp³-hybridized carbons (Fsp3) is 0.857. The van der Waals surface area contributed by atoms with Crippen LogP contribution in [0, 0.1) is 46.3 Å². The number of hydrogen-bond acceptors (Lipinski definition) is 1. The van der Waals surface area contributed by atoms with Crippen molar-refractivity contribution in [3.63, 3.8) is 0 Å². The summed E-state index contributed by atoms with van der Waals surface area (Å²) in [4.78, 5) is 0. The lowest BCUT2D eigenvalue weighted by atomic mass is 9.83. The van der Waals surface area contributed by atoms with Crippen molar-refractivity contribution < 1.29 is 0 Å². The van der Waals surface area contributed by atoms with Gasteiger partial charge in [0.25, 0.3) is 0 Å². The Balaban J connectivity index is 2.07. The minimum atomic E-state index is 0.329. The van der Waals surface area contributed by atoms with Crippen LogP contribution in [0.4, 0.5) is 0 Å². The Labute approximate surface area is 47.3 Å². The summed E-state index contributed by atoms with van der Waals surface area (Å²) in [5.74, 6) is 4.96. The lowest BCUT2D eigenvalue weighted by molar-refractivity contribution is 0.326. The van der Waals surface area contributed by atoms with Gasteiger partial charge in [-0.1, -0.05) is 0 Å². The van der Waals surface area contributed by atoms with Crippen LogP contribution >= 0.6 is 0 Å². The first-order valence-electron chi connectivity index (χ1n) is 3.34. The maximum Gasteiger partial charge on any atom is 0.0699 e. The van der Waals surface area contributed by atoms with Gasteiger partial charge in [0, 0.05) is 0 Å². The monoisotopic (exact) mass is 103 g/mol. The third kappa shape index (κ3) is 0.0675. The predicted octanol–water partition coefficient (Wildman–Crippen LogP) is 0.632. The van der Waals surface area contributed by atoms with E-state index in [0.29, 0.717) is 5.41 Å². The molecule has 1 nitrogen and oxygen atoms in total. The minimum Gasteiger partial charge on any atom is -0.198 e. The molecule has 5 rings (SSSR count). The summed E-state index contributed by atoms with van der Waals surface area (Å²) in [7, 11) is 0. The molecule has 5 aliphatic carbocycles. The van der Waals surface area contributed by atoms with Gasteiger partial charge in [-0.15, -0.1) is 0 Å². The number of nitriles is 1. The van der Waals surface area contributed by atoms with Gasteiger partial charge in [0.1, 0.15) is 0 Å². The van der Waals surface area contributed by atoms with Crippen molar-refractivity contribution in [3.05, 3.63) is 0 Å². The van der Waals surface area contributed by atoms with E-state index in [1.54, 1.807) is 0 Å². The summed E-state index contributed by atoms with van der Waals surface area (Å²) in [6, 6.07) is 2.47. The van der Waals surface area contributed by atoms with Crippen molar-refractivity contribution in [2.45, 2.75) is 0 Å². The highest BCUT2D eigenvalue weighted by Gasteiger charge is 3.06. The molecule has 38 valence electrons. The average molecular weight is 103 g/mol. The molecule has 0 aromatic rings. The summed E-state index contributed by atoms with van der Waals surface area (Å²) >= 11 is 0. The maximum absolute atomic E-state index is 8.65. The molecule has 4 unspecified atom stereocenters. The second kappa shape index (κ2) is 0.424. The van der Waals surface area contributed by atoms with E-state index < -0.39 is 0 Å². The highest BCUT2D eigenvalue weighted by atomic mass is 15.1. The molecule has 4 atom stereocenters. The van der Waals surface area contributed by atoms with E-state index >= 15 is 0 Å². The van der Waals surface area contributed by atoms with Crippen LogP contribution in [0.25, 0.3) is 0 Å². The lowest BCUT2D eigenvalue weighted by Crippen LogP contribution is -2.18. The Morgan fingerprint density at radius 3 is 2.00 bits per heavy atom. The summed E-state index contributed by atoms with van der Waals surface area (Å²) < 4.78 is 0. The summed E-state index contributed by atoms with van der Waals surface area (Å²) in [5, 5.41) is 8.65. The van der Waals surface area contributed by atoms with Gasteiger partial charge >= 0.3 is 0 Å². The number of hydrogen-bond donors (Lipinski definition) is 0. The van der Waals surface area contributed by atoms with Crippen LogP contribution in [0.2, 0.25) is 0 Å². The van der Waals surface area contributed by atoms with Crippen molar-refractivity contribution in [2.75, 3.05) is 0 Å². The summed E-state index contributed by atoms with van der Waals surface area (Å²) in [6.45, 7) is 0. The Morgan fingerprint density at radius 1 is 1.12 bits per heavy atom. The first-order chi connectivity index (χ1) is 3.93. The van der Waals surface area contributed by atoms with Crippen LogP contribution in [0.5, 0.6) is 0 Å². The molecule has 0 radical (unpaired) electrons. The van der Waals surface area contributed by atoms with Crippen LogP contribution < -0.4 is 0 Å². The van der Waals surface area contributed by atoms with Gasteiger partial charge < -0.3 is 0 Å². The smallest absolute Gasteiger partial charge is 0.0699 e. The molecule has 5 fully saturated rings. The molecule has 0 aliphatic heterocycles. The molecule has 0 spiro atoms. The first kappa shape index (κ1) is 2.87. The molecular formula is C7H5N. The highest BCUT2D eigenvalue weighted by Crippen LogP contribution is 3.06. The van der Waals surface area contributed by atoms with Gasteiger partial charge in [0.2, 0.25) is 0 Å². The van der Waals surface area contributed by atoms with E-state index in [4.69, 9.17) is 5.26 Å². The third-order valence-electron chi connectivity index (χ3n) is 4.09. The zero-order chi connectivity index (χ0) is 5.09. The SMILES string of the molecule is N#CC12C3C4C3C1C42. The molecule has 8 heavy (non-hydrogen) atoms. The summed E-state index contributed by atoms with van der Waals surface area (Å²) in [5.41, 5.74) is 0.329. The fourth-order valence-electron chi connectivity index (χ4n) is 3.79. The van der Waals surface area contributed by atoms with E-state index in [1.807, 2.05) is 0 Å². The molecule has 0 aromatic carbocycles. The fourth-order valence-corrected chi connectivity index (χ4v) is 3.79. The lowest BCUT2D eigenvalue weighted by Gasteiger charge is -2.16. The van der Waals surface area contributed by atoms with Crippen molar-refractivity contribution >= 4 is 0 Å². The third-order valence-corrected chi connectivity index (χ3v) is 4.09. The quantitative estimate of drug-likeness (QED) is 0.441. The normalized spacial score (nSPS) is 92.1. The van der Waals surface area contributed by atoms with E-state index in [0.717, 1.165) is 29.6 Å². The van der Waals surface area contributed by atoms with Crippen molar-refractivity contribution in [1.29, 1.82) is 5.26 Å². The zero-order valence-corrected chi connectivity index (χ0v) is 4.33. The molecule has 0 amide bonds. The predicted molar refractivity (Wildman–Crippen MR) is 25.5 cm³/mol. The molecule has 0 saturated heterocycles. The maximum atomic E-state index is 8.65. The van der Waals surface area contributed by atoms with Crippen LogP contribution in [-0.2, 0) is 0 Å². The topological polar surface area (TPSA) is 23.8 Å². The molecule has 1 heteroatoms. The Hall–Kier alpha value is -0.510. The van der Waals surface area contributed by atoms with Crippen LogP contribution in [0.15, 0.2) is 0 Å². The molecule has 5 saturated carbocycles. The molecule has 0 heterocycles. The van der Waals surface area contributed by atoms with Crippen molar-refractivity contribution in [2.24, 2.45) is 35.0 Å². The highest BCUT2D eigenvalue weighted by molar-refractivity contribution is 5.56. The van der Waals surface area contributed by atoms with Crippen molar-refractivity contribution in [1.82, 2.24) is 0 Å². The van der Waals surface area contributed by atoms with Gasteiger partial charge in [0.15, 0.2) is 0 Å². The average Bonchev–Trinajstić information content (AvgIpc) is 2.12. The van der Waals surface area contributed by atoms with Crippen LogP contribution in [-0.4, -0.2) is 0 Å². The minimum absolute atomic E-state index is 0.329. The summed E-state index contributed by atoms with van der Waals surface area (Å²) in [6.07, 6.45) is 0. The van der Waals surface area contributed by atoms with Gasteiger partial charge in [-0.05, 0) is 29.6 Å². The Bertz CT molecular complexity index is 220. The largest absolute Gasteiger partial charge is 0.198 e.